The zero-order valence-electron chi connectivity index (χ0n) is 19.9. The van der Waals surface area contributed by atoms with Gasteiger partial charge in [-0.3, -0.25) is 9.82 Å². The third-order valence-corrected chi connectivity index (χ3v) is 6.64. The summed E-state index contributed by atoms with van der Waals surface area (Å²) >= 11 is 0. The number of aromatic amines is 1. The topological polar surface area (TPSA) is 131 Å². The van der Waals surface area contributed by atoms with E-state index < -0.39 is 23.1 Å². The van der Waals surface area contributed by atoms with Gasteiger partial charge in [0.15, 0.2) is 17.2 Å². The summed E-state index contributed by atoms with van der Waals surface area (Å²) in [6, 6.07) is 9.21. The highest BCUT2D eigenvalue weighted by Crippen LogP contribution is 2.37. The Kier molecular flexibility index (Phi) is 7.02. The first-order valence-electron chi connectivity index (χ1n) is 10.9. The van der Waals surface area contributed by atoms with Gasteiger partial charge in [0.25, 0.3) is 16.4 Å². The quantitative estimate of drug-likeness (QED) is 0.260. The van der Waals surface area contributed by atoms with E-state index in [1.54, 1.807) is 19.1 Å². The molecule has 0 amide bonds. The van der Waals surface area contributed by atoms with E-state index >= 15 is 0 Å². The number of sulfonamides is 1. The molecule has 36 heavy (non-hydrogen) atoms. The van der Waals surface area contributed by atoms with Crippen molar-refractivity contribution in [3.05, 3.63) is 47.7 Å². The third kappa shape index (κ3) is 5.35. The van der Waals surface area contributed by atoms with Crippen LogP contribution in [0.2, 0.25) is 0 Å². The van der Waals surface area contributed by atoms with Gasteiger partial charge in [-0.1, -0.05) is 25.1 Å². The Morgan fingerprint density at radius 2 is 1.92 bits per heavy atom. The maximum Gasteiger partial charge on any atom is 0.272 e. The van der Waals surface area contributed by atoms with Crippen LogP contribution in [0.5, 0.6) is 11.5 Å². The first kappa shape index (κ1) is 25.2. The molecule has 0 saturated carbocycles. The van der Waals surface area contributed by atoms with Gasteiger partial charge in [0.05, 0.1) is 18.2 Å². The van der Waals surface area contributed by atoms with Crippen molar-refractivity contribution in [3.8, 4) is 11.5 Å². The van der Waals surface area contributed by atoms with Crippen molar-refractivity contribution in [3.63, 3.8) is 0 Å². The lowest BCUT2D eigenvalue weighted by Crippen LogP contribution is -2.16. The van der Waals surface area contributed by atoms with E-state index in [0.29, 0.717) is 28.2 Å². The van der Waals surface area contributed by atoms with Gasteiger partial charge in [0.1, 0.15) is 23.0 Å². The Hall–Kier alpha value is -3.87. The number of ether oxygens (including phenoxy) is 2. The second-order valence-electron chi connectivity index (χ2n) is 8.33. The lowest BCUT2D eigenvalue weighted by Gasteiger charge is -2.13. The second-order valence-corrected chi connectivity index (χ2v) is 9.98. The van der Waals surface area contributed by atoms with Gasteiger partial charge < -0.3 is 19.3 Å². The van der Waals surface area contributed by atoms with Crippen LogP contribution >= 0.6 is 0 Å². The van der Waals surface area contributed by atoms with Gasteiger partial charge in [-0.25, -0.2) is 17.2 Å². The van der Waals surface area contributed by atoms with E-state index in [4.69, 9.17) is 14.0 Å². The normalized spacial score (nSPS) is 11.9. The molecule has 3 N–H and O–H groups in total. The van der Waals surface area contributed by atoms with Gasteiger partial charge in [-0.05, 0) is 36.6 Å². The van der Waals surface area contributed by atoms with Crippen LogP contribution in [0, 0.1) is 6.92 Å². The molecule has 0 radical (unpaired) electrons. The summed E-state index contributed by atoms with van der Waals surface area (Å²) in [4.78, 5) is -0.311. The van der Waals surface area contributed by atoms with E-state index in [9.17, 15) is 17.2 Å². The van der Waals surface area contributed by atoms with Crippen molar-refractivity contribution in [2.24, 2.45) is 0 Å². The van der Waals surface area contributed by atoms with Gasteiger partial charge in [0.2, 0.25) is 0 Å². The average molecular weight is 522 g/mol. The highest BCUT2D eigenvalue weighted by molar-refractivity contribution is 7.92. The van der Waals surface area contributed by atoms with Crippen molar-refractivity contribution in [2.75, 3.05) is 23.8 Å². The van der Waals surface area contributed by atoms with Gasteiger partial charge in [-0.2, -0.15) is 5.10 Å². The van der Waals surface area contributed by atoms with Gasteiger partial charge in [0, 0.05) is 17.8 Å². The van der Waals surface area contributed by atoms with Crippen molar-refractivity contribution >= 4 is 38.3 Å². The Morgan fingerprint density at radius 3 is 2.58 bits per heavy atom. The summed E-state index contributed by atoms with van der Waals surface area (Å²) in [5.41, 5.74) is 2.39. The number of aryl methyl sites for hydroxylation is 1. The number of H-pyrrole nitrogens is 1. The van der Waals surface area contributed by atoms with Crippen molar-refractivity contribution in [1.82, 2.24) is 15.4 Å². The van der Waals surface area contributed by atoms with Crippen molar-refractivity contribution in [1.29, 1.82) is 0 Å². The third-order valence-electron chi connectivity index (χ3n) is 5.26. The summed E-state index contributed by atoms with van der Waals surface area (Å²) in [7, 11) is -2.80. The zero-order chi connectivity index (χ0) is 26.0. The molecule has 0 saturated heterocycles. The molecule has 0 bridgehead atoms. The van der Waals surface area contributed by atoms with Crippen LogP contribution < -0.4 is 19.5 Å². The van der Waals surface area contributed by atoms with Crippen LogP contribution in [-0.2, 0) is 10.0 Å². The molecular formula is C23H25F2N5O5S. The van der Waals surface area contributed by atoms with E-state index in [0.717, 1.165) is 5.69 Å². The average Bonchev–Trinajstić information content (AvgIpc) is 3.44. The Balaban J connectivity index is 1.65. The largest absolute Gasteiger partial charge is 0.495 e. The molecule has 0 aliphatic rings. The molecule has 2 aromatic carbocycles. The lowest BCUT2D eigenvalue weighted by molar-refractivity contribution is 0.0804. The zero-order valence-corrected chi connectivity index (χ0v) is 20.7. The molecule has 10 nitrogen and oxygen atoms in total. The molecular weight excluding hydrogens is 496 g/mol. The maximum atomic E-state index is 13.1. The van der Waals surface area contributed by atoms with E-state index in [-0.39, 0.29) is 28.0 Å². The van der Waals surface area contributed by atoms with E-state index in [2.05, 4.69) is 25.4 Å². The highest BCUT2D eigenvalue weighted by atomic mass is 32.2. The molecule has 13 heteroatoms. The van der Waals surface area contributed by atoms with Crippen LogP contribution in [-0.4, -0.2) is 43.9 Å². The molecule has 0 aliphatic carbocycles. The summed E-state index contributed by atoms with van der Waals surface area (Å²) in [6.07, 6.45) is -2.76. The number of alkyl halides is 2. The summed E-state index contributed by atoms with van der Waals surface area (Å²) in [6.45, 7) is 4.81. The first-order valence-corrected chi connectivity index (χ1v) is 12.4. The number of hydrogen-bond donors (Lipinski definition) is 3. The summed E-state index contributed by atoms with van der Waals surface area (Å²) in [5, 5.41) is 14.5. The number of methoxy groups -OCH3 is 1. The minimum atomic E-state index is -4.27. The number of nitrogens with one attached hydrogen (secondary N) is 3. The number of nitrogens with zero attached hydrogens (tertiary/aromatic N) is 2. The second kappa shape index (κ2) is 10.0. The number of rotatable bonds is 10. The number of hydrogen-bond acceptors (Lipinski definition) is 8. The van der Waals surface area contributed by atoms with Crippen LogP contribution in [0.3, 0.4) is 0 Å². The minimum absolute atomic E-state index is 0.0999. The van der Waals surface area contributed by atoms with Crippen molar-refractivity contribution in [2.45, 2.75) is 38.0 Å². The summed E-state index contributed by atoms with van der Waals surface area (Å²) < 4.78 is 69.8. The Morgan fingerprint density at radius 1 is 1.14 bits per heavy atom. The standard InChI is InChI=1S/C23H25F2N5O5S/c1-12(2)15-10-22(28-27-15)26-16-9-17-14(8-18(16)33-4)23(29-35-17)30-36(31,32)20-6-5-13(3)7-19(20)34-11-21(24)25/h5-10,12,21H,11H2,1-4H3,(H,29,30)(H2,26,27,28). The maximum absolute atomic E-state index is 13.1. The molecule has 4 rings (SSSR count). The molecule has 192 valence electrons. The fourth-order valence-electron chi connectivity index (χ4n) is 3.42. The lowest BCUT2D eigenvalue weighted by atomic mass is 10.1. The molecule has 0 aliphatic heterocycles. The number of anilines is 3. The predicted molar refractivity (Wildman–Crippen MR) is 130 cm³/mol. The van der Waals surface area contributed by atoms with Crippen LogP contribution in [0.15, 0.2) is 45.8 Å². The molecule has 2 aromatic heterocycles. The van der Waals surface area contributed by atoms with E-state index in [1.165, 1.54) is 25.3 Å². The fraction of sp³-hybridized carbons (Fsp3) is 0.304. The molecule has 0 fully saturated rings. The van der Waals surface area contributed by atoms with Gasteiger partial charge >= 0.3 is 0 Å². The van der Waals surface area contributed by atoms with E-state index in [1.807, 2.05) is 19.9 Å². The molecule has 4 aromatic rings. The number of halogens is 2. The van der Waals surface area contributed by atoms with Crippen LogP contribution in [0.1, 0.15) is 31.0 Å². The number of benzene rings is 2. The Labute approximate surface area is 206 Å². The highest BCUT2D eigenvalue weighted by Gasteiger charge is 2.24. The number of fused-ring (bicyclic) bond motifs is 1. The monoisotopic (exact) mass is 521 g/mol. The van der Waals surface area contributed by atoms with Crippen LogP contribution in [0.4, 0.5) is 26.1 Å². The Bertz CT molecular complexity index is 1480. The minimum Gasteiger partial charge on any atom is -0.495 e. The predicted octanol–water partition coefficient (Wildman–Crippen LogP) is 5.18. The van der Waals surface area contributed by atoms with Gasteiger partial charge in [-0.15, -0.1) is 0 Å². The van der Waals surface area contributed by atoms with Crippen LogP contribution in [0.25, 0.3) is 11.0 Å². The first-order chi connectivity index (χ1) is 17.1. The van der Waals surface area contributed by atoms with Crippen molar-refractivity contribution < 1.29 is 31.2 Å². The molecule has 0 atom stereocenters. The molecule has 0 spiro atoms. The molecule has 2 heterocycles. The smallest absolute Gasteiger partial charge is 0.272 e. The fourth-order valence-corrected chi connectivity index (χ4v) is 4.57. The summed E-state index contributed by atoms with van der Waals surface area (Å²) in [5.74, 6) is 0.915. The SMILES string of the molecule is COc1cc2c(NS(=O)(=O)c3ccc(C)cc3OCC(F)F)noc2cc1Nc1cc(C(C)C)[nH]n1. The molecule has 0 unspecified atom stereocenters. The number of aromatic nitrogens is 3.